The Hall–Kier alpha value is -1.83. The van der Waals surface area contributed by atoms with E-state index in [1.54, 1.807) is 0 Å². The molecule has 3 aliphatic rings. The lowest BCUT2D eigenvalue weighted by molar-refractivity contribution is 0.662. The third kappa shape index (κ3) is 1.30. The largest absolute Gasteiger partial charge is 0.399 e. The highest BCUT2D eigenvalue weighted by atomic mass is 14.7. The minimum absolute atomic E-state index is 0.360. The molecule has 2 heteroatoms. The highest BCUT2D eigenvalue weighted by Gasteiger charge is 2.28. The lowest BCUT2D eigenvalue weighted by Crippen LogP contribution is -2.26. The van der Waals surface area contributed by atoms with Crippen molar-refractivity contribution < 1.29 is 0 Å². The van der Waals surface area contributed by atoms with Crippen LogP contribution in [0.2, 0.25) is 0 Å². The standard InChI is InChI=1S/C13H12N2/c14-10-6-5-9-8-15-13-4-2-1-3-11(13)12(9)7-10/h1-8,11-12H,14H2. The predicted octanol–water partition coefficient (Wildman–Crippen LogP) is 2.10. The Balaban J connectivity index is 2.07. The van der Waals surface area contributed by atoms with Crippen LogP contribution in [0.3, 0.4) is 0 Å². The van der Waals surface area contributed by atoms with Gasteiger partial charge in [0.1, 0.15) is 0 Å². The van der Waals surface area contributed by atoms with Gasteiger partial charge in [0.2, 0.25) is 0 Å². The fourth-order valence-corrected chi connectivity index (χ4v) is 2.23. The summed E-state index contributed by atoms with van der Waals surface area (Å²) >= 11 is 0. The van der Waals surface area contributed by atoms with Crippen molar-refractivity contribution in [3.63, 3.8) is 0 Å². The molecule has 0 saturated carbocycles. The topological polar surface area (TPSA) is 38.4 Å². The zero-order chi connectivity index (χ0) is 10.3. The van der Waals surface area contributed by atoms with Gasteiger partial charge in [-0.15, -0.1) is 0 Å². The molecule has 0 aromatic heterocycles. The zero-order valence-corrected chi connectivity index (χ0v) is 8.30. The molecule has 2 N–H and O–H groups in total. The molecule has 0 bridgehead atoms. The van der Waals surface area contributed by atoms with Gasteiger partial charge in [0.25, 0.3) is 0 Å². The van der Waals surface area contributed by atoms with Crippen LogP contribution in [0.1, 0.15) is 0 Å². The summed E-state index contributed by atoms with van der Waals surface area (Å²) in [5, 5.41) is 0. The second-order valence-corrected chi connectivity index (χ2v) is 3.98. The maximum absolute atomic E-state index is 5.83. The van der Waals surface area contributed by atoms with Gasteiger partial charge < -0.3 is 5.73 Å². The second kappa shape index (κ2) is 3.09. The summed E-state index contributed by atoms with van der Waals surface area (Å²) in [5.41, 5.74) is 9.06. The van der Waals surface area contributed by atoms with E-state index in [0.717, 1.165) is 11.4 Å². The number of rotatable bonds is 0. The monoisotopic (exact) mass is 196 g/mol. The molecule has 3 rings (SSSR count). The maximum Gasteiger partial charge on any atom is 0.0481 e. The van der Waals surface area contributed by atoms with Crippen LogP contribution in [0.4, 0.5) is 0 Å². The molecule has 0 aromatic carbocycles. The lowest BCUT2D eigenvalue weighted by Gasteiger charge is -2.29. The van der Waals surface area contributed by atoms with E-state index in [4.69, 9.17) is 5.73 Å². The minimum Gasteiger partial charge on any atom is -0.399 e. The lowest BCUT2D eigenvalue weighted by atomic mass is 9.77. The van der Waals surface area contributed by atoms with Gasteiger partial charge in [-0.05, 0) is 17.7 Å². The van der Waals surface area contributed by atoms with Crippen LogP contribution >= 0.6 is 0 Å². The van der Waals surface area contributed by atoms with Crippen molar-refractivity contribution in [1.29, 1.82) is 0 Å². The number of aliphatic imine (C=N–C) groups is 1. The van der Waals surface area contributed by atoms with E-state index in [2.05, 4.69) is 35.4 Å². The van der Waals surface area contributed by atoms with Gasteiger partial charge in [-0.3, -0.25) is 4.99 Å². The molecule has 2 nitrogen and oxygen atoms in total. The molecule has 1 aliphatic heterocycles. The van der Waals surface area contributed by atoms with Crippen LogP contribution in [-0.2, 0) is 0 Å². The van der Waals surface area contributed by atoms with Crippen molar-refractivity contribution in [1.82, 2.24) is 0 Å². The smallest absolute Gasteiger partial charge is 0.0481 e. The van der Waals surface area contributed by atoms with Crippen LogP contribution in [0.15, 0.2) is 65.0 Å². The first-order valence-electron chi connectivity index (χ1n) is 5.12. The molecular weight excluding hydrogens is 184 g/mol. The first kappa shape index (κ1) is 8.48. The molecule has 2 atom stereocenters. The maximum atomic E-state index is 5.83. The van der Waals surface area contributed by atoms with Gasteiger partial charge in [0, 0.05) is 29.4 Å². The molecule has 0 aromatic rings. The van der Waals surface area contributed by atoms with Crippen LogP contribution in [0.25, 0.3) is 0 Å². The first-order valence-corrected chi connectivity index (χ1v) is 5.12. The summed E-state index contributed by atoms with van der Waals surface area (Å²) in [7, 11) is 0. The van der Waals surface area contributed by atoms with Gasteiger partial charge >= 0.3 is 0 Å². The van der Waals surface area contributed by atoms with E-state index in [1.165, 1.54) is 5.57 Å². The summed E-state index contributed by atoms with van der Waals surface area (Å²) in [6, 6.07) is 0. The number of hydrogen-bond donors (Lipinski definition) is 1. The zero-order valence-electron chi connectivity index (χ0n) is 8.30. The molecule has 0 radical (unpaired) electrons. The van der Waals surface area contributed by atoms with Crippen molar-refractivity contribution in [3.05, 3.63) is 60.0 Å². The minimum atomic E-state index is 0.360. The summed E-state index contributed by atoms with van der Waals surface area (Å²) in [6.45, 7) is 0. The van der Waals surface area contributed by atoms with Crippen molar-refractivity contribution in [2.75, 3.05) is 0 Å². The van der Waals surface area contributed by atoms with Gasteiger partial charge in [-0.1, -0.05) is 30.4 Å². The molecule has 1 heterocycles. The average molecular weight is 196 g/mol. The van der Waals surface area contributed by atoms with E-state index in [9.17, 15) is 0 Å². The molecule has 0 fully saturated rings. The Morgan fingerprint density at radius 1 is 1.07 bits per heavy atom. The molecule has 15 heavy (non-hydrogen) atoms. The summed E-state index contributed by atoms with van der Waals surface area (Å²) < 4.78 is 0. The van der Waals surface area contributed by atoms with Crippen LogP contribution in [0.5, 0.6) is 0 Å². The summed E-state index contributed by atoms with van der Waals surface area (Å²) in [6.07, 6.45) is 16.4. The third-order valence-corrected chi connectivity index (χ3v) is 3.01. The normalized spacial score (nSPS) is 31.3. The van der Waals surface area contributed by atoms with Crippen molar-refractivity contribution >= 4 is 5.71 Å². The number of fused-ring (bicyclic) bond motifs is 3. The molecule has 74 valence electrons. The quantitative estimate of drug-likeness (QED) is 0.633. The van der Waals surface area contributed by atoms with Gasteiger partial charge in [0.05, 0.1) is 0 Å². The molecule has 0 amide bonds. The summed E-state index contributed by atoms with van der Waals surface area (Å²) in [4.78, 5) is 4.46. The van der Waals surface area contributed by atoms with Gasteiger partial charge in [-0.25, -0.2) is 0 Å². The van der Waals surface area contributed by atoms with Gasteiger partial charge in [0.15, 0.2) is 0 Å². The second-order valence-electron chi connectivity index (χ2n) is 3.98. The SMILES string of the molecule is NC1=CC2C(=CN=C3C=CC=CC32)C=C1. The summed E-state index contributed by atoms with van der Waals surface area (Å²) in [5.74, 6) is 0.724. The Morgan fingerprint density at radius 3 is 2.93 bits per heavy atom. The van der Waals surface area contributed by atoms with E-state index < -0.39 is 0 Å². The third-order valence-electron chi connectivity index (χ3n) is 3.01. The first-order chi connectivity index (χ1) is 7.34. The Morgan fingerprint density at radius 2 is 2.00 bits per heavy atom. The van der Waals surface area contributed by atoms with E-state index in [-0.39, 0.29) is 0 Å². The molecular formula is C13H12N2. The number of hydrogen-bond acceptors (Lipinski definition) is 2. The van der Waals surface area contributed by atoms with Crippen LogP contribution < -0.4 is 5.73 Å². The van der Waals surface area contributed by atoms with Gasteiger partial charge in [-0.2, -0.15) is 0 Å². The van der Waals surface area contributed by atoms with E-state index in [0.29, 0.717) is 11.8 Å². The van der Waals surface area contributed by atoms with E-state index >= 15 is 0 Å². The molecule has 2 unspecified atom stereocenters. The average Bonchev–Trinajstić information content (AvgIpc) is 2.29. The highest BCUT2D eigenvalue weighted by molar-refractivity contribution is 6.01. The molecule has 2 aliphatic carbocycles. The highest BCUT2D eigenvalue weighted by Crippen LogP contribution is 2.34. The Labute approximate surface area is 88.9 Å². The fourth-order valence-electron chi connectivity index (χ4n) is 2.23. The van der Waals surface area contributed by atoms with Crippen molar-refractivity contribution in [2.45, 2.75) is 0 Å². The Bertz CT molecular complexity index is 473. The number of allylic oxidation sites excluding steroid dienone is 8. The van der Waals surface area contributed by atoms with Crippen LogP contribution in [-0.4, -0.2) is 5.71 Å². The number of nitrogens with two attached hydrogens (primary N) is 1. The number of nitrogens with zero attached hydrogens (tertiary/aromatic N) is 1. The van der Waals surface area contributed by atoms with Crippen molar-refractivity contribution in [3.8, 4) is 0 Å². The Kier molecular flexibility index (Phi) is 1.75. The van der Waals surface area contributed by atoms with Crippen molar-refractivity contribution in [2.24, 2.45) is 22.6 Å². The fraction of sp³-hybridized carbons (Fsp3) is 0.154. The van der Waals surface area contributed by atoms with E-state index in [1.807, 2.05) is 18.4 Å². The molecule has 0 spiro atoms. The predicted molar refractivity (Wildman–Crippen MR) is 62.2 cm³/mol. The molecule has 0 saturated heterocycles. The van der Waals surface area contributed by atoms with Crippen LogP contribution in [0, 0.1) is 11.8 Å².